The number of hydrogen-bond donors (Lipinski definition) is 6. The smallest absolute Gasteiger partial charge is 0.220 e. The number of aliphatic hydroxyl groups excluding tert-OH is 5. The quantitative estimate of drug-likeness (QED) is 0.0461. The normalized spacial score (nSPS) is 23.5. The van der Waals surface area contributed by atoms with Crippen LogP contribution in [0.1, 0.15) is 136 Å². The van der Waals surface area contributed by atoms with Crippen molar-refractivity contribution in [3.8, 4) is 0 Å². The average Bonchev–Trinajstić information content (AvgIpc) is 3.05. The summed E-state index contributed by atoms with van der Waals surface area (Å²) in [6.45, 7) is 3.63. The fourth-order valence-electron chi connectivity index (χ4n) is 5.43. The Kier molecular flexibility index (Phi) is 26.2. The summed E-state index contributed by atoms with van der Waals surface area (Å²) in [7, 11) is 0. The first-order chi connectivity index (χ1) is 22.3. The van der Waals surface area contributed by atoms with Crippen LogP contribution in [0.5, 0.6) is 0 Å². The van der Waals surface area contributed by atoms with Crippen LogP contribution in [0.3, 0.4) is 0 Å². The molecule has 0 radical (unpaired) electrons. The monoisotopic (exact) mass is 653 g/mol. The number of nitrogens with one attached hydrogen (secondary N) is 1. The lowest BCUT2D eigenvalue weighted by molar-refractivity contribution is -0.302. The van der Waals surface area contributed by atoms with Gasteiger partial charge in [0.15, 0.2) is 6.29 Å². The van der Waals surface area contributed by atoms with Crippen molar-refractivity contribution in [1.29, 1.82) is 0 Å². The van der Waals surface area contributed by atoms with Crippen molar-refractivity contribution < 1.29 is 39.8 Å². The van der Waals surface area contributed by atoms with Gasteiger partial charge in [-0.15, -0.1) is 0 Å². The van der Waals surface area contributed by atoms with Crippen molar-refractivity contribution in [2.45, 2.75) is 179 Å². The molecular formula is C37H67NO8. The first-order valence-corrected chi connectivity index (χ1v) is 18.2. The van der Waals surface area contributed by atoms with Gasteiger partial charge in [0.05, 0.1) is 25.4 Å². The molecule has 9 heteroatoms. The van der Waals surface area contributed by atoms with Crippen LogP contribution in [-0.2, 0) is 14.3 Å². The van der Waals surface area contributed by atoms with E-state index in [-0.39, 0.29) is 12.5 Å². The average molecular weight is 654 g/mol. The summed E-state index contributed by atoms with van der Waals surface area (Å²) in [4.78, 5) is 12.8. The van der Waals surface area contributed by atoms with E-state index < -0.39 is 49.5 Å². The van der Waals surface area contributed by atoms with Gasteiger partial charge in [0.25, 0.3) is 0 Å². The minimum Gasteiger partial charge on any atom is -0.394 e. The lowest BCUT2D eigenvalue weighted by Crippen LogP contribution is -2.60. The lowest BCUT2D eigenvalue weighted by Gasteiger charge is -2.40. The highest BCUT2D eigenvalue weighted by atomic mass is 16.7. The molecule has 0 spiro atoms. The van der Waals surface area contributed by atoms with Crippen LogP contribution >= 0.6 is 0 Å². The van der Waals surface area contributed by atoms with Gasteiger partial charge in [-0.05, 0) is 38.5 Å². The molecule has 0 aromatic heterocycles. The standard InChI is InChI=1S/C37H67NO8/c1-3-5-7-9-11-13-15-17-19-21-23-25-27-33(41)38-30(29-45-37-36(44)35(43)34(42)32(28-39)46-37)31(40)26-24-22-20-18-16-14-12-10-8-6-4-2/h8,10,16,18,24,26,30-32,34-37,39-40,42-44H,3-7,9,11-15,17,19-23,25,27-29H2,1-2H3,(H,38,41)/b10-8+,18-16+,26-24+. The zero-order valence-electron chi connectivity index (χ0n) is 28.8. The van der Waals surface area contributed by atoms with Crippen LogP contribution in [0.2, 0.25) is 0 Å². The summed E-state index contributed by atoms with van der Waals surface area (Å²) in [6, 6.07) is -0.820. The van der Waals surface area contributed by atoms with Crippen LogP contribution < -0.4 is 5.32 Å². The Balaban J connectivity index is 2.52. The van der Waals surface area contributed by atoms with E-state index in [2.05, 4.69) is 43.5 Å². The maximum Gasteiger partial charge on any atom is 0.220 e. The molecule has 1 aliphatic rings. The van der Waals surface area contributed by atoms with Gasteiger partial charge in [0, 0.05) is 6.42 Å². The van der Waals surface area contributed by atoms with E-state index in [1.165, 1.54) is 57.8 Å². The molecule has 1 amide bonds. The highest BCUT2D eigenvalue weighted by Crippen LogP contribution is 2.22. The van der Waals surface area contributed by atoms with E-state index in [9.17, 15) is 30.3 Å². The number of carbonyl (C=O) groups is 1. The van der Waals surface area contributed by atoms with Crippen molar-refractivity contribution in [3.05, 3.63) is 36.5 Å². The zero-order chi connectivity index (χ0) is 33.8. The minimum atomic E-state index is -1.57. The molecule has 1 fully saturated rings. The molecule has 268 valence electrons. The van der Waals surface area contributed by atoms with Crippen molar-refractivity contribution in [2.24, 2.45) is 0 Å². The predicted molar refractivity (Wildman–Crippen MR) is 184 cm³/mol. The van der Waals surface area contributed by atoms with Crippen LogP contribution in [0.25, 0.3) is 0 Å². The molecule has 0 aromatic carbocycles. The van der Waals surface area contributed by atoms with Gasteiger partial charge < -0.3 is 40.3 Å². The van der Waals surface area contributed by atoms with E-state index in [0.29, 0.717) is 6.42 Å². The molecule has 1 saturated heterocycles. The van der Waals surface area contributed by atoms with E-state index in [1.807, 2.05) is 6.08 Å². The fraction of sp³-hybridized carbons (Fsp3) is 0.811. The van der Waals surface area contributed by atoms with Gasteiger partial charge in [-0.1, -0.05) is 127 Å². The Morgan fingerprint density at radius 2 is 1.24 bits per heavy atom. The van der Waals surface area contributed by atoms with Crippen molar-refractivity contribution in [3.63, 3.8) is 0 Å². The maximum atomic E-state index is 12.8. The summed E-state index contributed by atoms with van der Waals surface area (Å²) in [5.41, 5.74) is 0. The molecule has 7 unspecified atom stereocenters. The van der Waals surface area contributed by atoms with E-state index in [4.69, 9.17) is 9.47 Å². The molecular weight excluding hydrogens is 586 g/mol. The summed E-state index contributed by atoms with van der Waals surface area (Å²) >= 11 is 0. The third-order valence-electron chi connectivity index (χ3n) is 8.43. The van der Waals surface area contributed by atoms with Crippen molar-refractivity contribution in [1.82, 2.24) is 5.32 Å². The molecule has 1 aliphatic heterocycles. The van der Waals surface area contributed by atoms with Gasteiger partial charge in [0.2, 0.25) is 5.91 Å². The number of unbranched alkanes of at least 4 members (excludes halogenated alkanes) is 14. The number of rotatable bonds is 28. The molecule has 6 N–H and O–H groups in total. The van der Waals surface area contributed by atoms with Gasteiger partial charge >= 0.3 is 0 Å². The van der Waals surface area contributed by atoms with E-state index in [1.54, 1.807) is 6.08 Å². The van der Waals surface area contributed by atoms with E-state index in [0.717, 1.165) is 57.8 Å². The van der Waals surface area contributed by atoms with Gasteiger partial charge in [-0.2, -0.15) is 0 Å². The Labute approximate surface area is 279 Å². The topological polar surface area (TPSA) is 149 Å². The first-order valence-electron chi connectivity index (χ1n) is 18.2. The second-order valence-electron chi connectivity index (χ2n) is 12.6. The number of amides is 1. The maximum absolute atomic E-state index is 12.8. The van der Waals surface area contributed by atoms with Gasteiger partial charge in [0.1, 0.15) is 24.4 Å². The van der Waals surface area contributed by atoms with Gasteiger partial charge in [-0.3, -0.25) is 4.79 Å². The third-order valence-corrected chi connectivity index (χ3v) is 8.43. The molecule has 1 rings (SSSR count). The van der Waals surface area contributed by atoms with Crippen LogP contribution in [0.15, 0.2) is 36.5 Å². The fourth-order valence-corrected chi connectivity index (χ4v) is 5.43. The number of ether oxygens (including phenoxy) is 2. The highest BCUT2D eigenvalue weighted by molar-refractivity contribution is 5.76. The number of allylic oxidation sites excluding steroid dienone is 5. The number of aliphatic hydroxyl groups is 5. The second-order valence-corrected chi connectivity index (χ2v) is 12.6. The SMILES string of the molecule is CCC/C=C/CC/C=C/CC/C=C/C(O)C(COC1OC(CO)C(O)C(O)C1O)NC(=O)CCCCCCCCCCCCCC. The van der Waals surface area contributed by atoms with Crippen LogP contribution in [0.4, 0.5) is 0 Å². The number of carbonyl (C=O) groups excluding carboxylic acids is 1. The molecule has 9 nitrogen and oxygen atoms in total. The van der Waals surface area contributed by atoms with E-state index >= 15 is 0 Å². The Bertz CT molecular complexity index is 817. The van der Waals surface area contributed by atoms with Crippen LogP contribution in [0, 0.1) is 0 Å². The predicted octanol–water partition coefficient (Wildman–Crippen LogP) is 5.77. The minimum absolute atomic E-state index is 0.196. The van der Waals surface area contributed by atoms with Crippen molar-refractivity contribution in [2.75, 3.05) is 13.2 Å². The summed E-state index contributed by atoms with van der Waals surface area (Å²) in [6.07, 6.45) is 24.8. The third kappa shape index (κ3) is 19.9. The largest absolute Gasteiger partial charge is 0.394 e. The Morgan fingerprint density at radius 1 is 0.717 bits per heavy atom. The molecule has 0 aliphatic carbocycles. The Morgan fingerprint density at radius 3 is 1.78 bits per heavy atom. The molecule has 7 atom stereocenters. The summed E-state index contributed by atoms with van der Waals surface area (Å²) in [5.74, 6) is -0.196. The summed E-state index contributed by atoms with van der Waals surface area (Å²) in [5, 5.41) is 53.7. The summed E-state index contributed by atoms with van der Waals surface area (Å²) < 4.78 is 11.1. The van der Waals surface area contributed by atoms with Gasteiger partial charge in [-0.25, -0.2) is 0 Å². The second kappa shape index (κ2) is 28.4. The molecule has 0 aromatic rings. The van der Waals surface area contributed by atoms with Crippen molar-refractivity contribution >= 4 is 5.91 Å². The molecule has 0 saturated carbocycles. The zero-order valence-corrected chi connectivity index (χ0v) is 28.8. The first kappa shape index (κ1) is 42.4. The highest BCUT2D eigenvalue weighted by Gasteiger charge is 2.44. The lowest BCUT2D eigenvalue weighted by atomic mass is 9.99. The molecule has 46 heavy (non-hydrogen) atoms. The number of hydrogen-bond acceptors (Lipinski definition) is 8. The van der Waals surface area contributed by atoms with Crippen LogP contribution in [-0.4, -0.2) is 87.5 Å². The molecule has 1 heterocycles. The molecule has 0 bridgehead atoms. The Hall–Kier alpha value is -1.59.